The SMILES string of the molecule is C[C@@H]1COC[C@]2(c3cc(N)ccc3F)N=C(NC(=O)OC(C)(C)C)SC[C@H]12. The van der Waals surface area contributed by atoms with Crippen LogP contribution >= 0.6 is 11.8 Å². The first-order valence-corrected chi connectivity index (χ1v) is 9.95. The zero-order valence-corrected chi connectivity index (χ0v) is 16.9. The lowest BCUT2D eigenvalue weighted by atomic mass is 9.72. The molecule has 0 bridgehead atoms. The molecule has 3 rings (SSSR count). The van der Waals surface area contributed by atoms with Crippen molar-refractivity contribution in [3.8, 4) is 0 Å². The Morgan fingerprint density at radius 1 is 1.48 bits per heavy atom. The summed E-state index contributed by atoms with van der Waals surface area (Å²) in [6.07, 6.45) is -0.583. The fourth-order valence-corrected chi connectivity index (χ4v) is 4.89. The molecular formula is C19H26FN3O3S. The smallest absolute Gasteiger partial charge is 0.413 e. The number of hydrogen-bond donors (Lipinski definition) is 2. The van der Waals surface area contributed by atoms with E-state index in [0.717, 1.165) is 0 Å². The highest BCUT2D eigenvalue weighted by Crippen LogP contribution is 2.47. The molecule has 0 unspecified atom stereocenters. The number of ether oxygens (including phenoxy) is 2. The number of carbonyl (C=O) groups is 1. The van der Waals surface area contributed by atoms with E-state index in [-0.39, 0.29) is 24.3 Å². The van der Waals surface area contributed by atoms with Gasteiger partial charge < -0.3 is 15.2 Å². The molecule has 1 fully saturated rings. The third kappa shape index (κ3) is 4.21. The summed E-state index contributed by atoms with van der Waals surface area (Å²) in [6, 6.07) is 4.50. The lowest BCUT2D eigenvalue weighted by molar-refractivity contribution is -0.0341. The second kappa shape index (κ2) is 7.31. The van der Waals surface area contributed by atoms with Crippen LogP contribution < -0.4 is 11.1 Å². The molecule has 148 valence electrons. The van der Waals surface area contributed by atoms with Gasteiger partial charge in [0.1, 0.15) is 17.0 Å². The number of amides is 1. The van der Waals surface area contributed by atoms with Crippen LogP contribution in [0.2, 0.25) is 0 Å². The van der Waals surface area contributed by atoms with Gasteiger partial charge in [-0.3, -0.25) is 5.32 Å². The van der Waals surface area contributed by atoms with Crippen LogP contribution in [0.1, 0.15) is 33.3 Å². The minimum atomic E-state index is -0.924. The van der Waals surface area contributed by atoms with Crippen LogP contribution in [0.3, 0.4) is 0 Å². The first-order chi connectivity index (χ1) is 12.6. The fraction of sp³-hybridized carbons (Fsp3) is 0.579. The van der Waals surface area contributed by atoms with Crippen molar-refractivity contribution in [2.45, 2.75) is 38.8 Å². The van der Waals surface area contributed by atoms with E-state index < -0.39 is 17.2 Å². The summed E-state index contributed by atoms with van der Waals surface area (Å²) in [5, 5.41) is 3.10. The molecule has 1 amide bonds. The number of nitrogens with two attached hydrogens (primary N) is 1. The molecule has 1 saturated heterocycles. The molecule has 0 radical (unpaired) electrons. The van der Waals surface area contributed by atoms with Gasteiger partial charge in [-0.2, -0.15) is 0 Å². The highest BCUT2D eigenvalue weighted by Gasteiger charge is 2.50. The van der Waals surface area contributed by atoms with Crippen LogP contribution in [-0.2, 0) is 15.0 Å². The molecule has 0 aromatic heterocycles. The lowest BCUT2D eigenvalue weighted by Gasteiger charge is -2.47. The molecule has 0 aliphatic carbocycles. The largest absolute Gasteiger partial charge is 0.444 e. The van der Waals surface area contributed by atoms with Crippen molar-refractivity contribution in [3.05, 3.63) is 29.6 Å². The van der Waals surface area contributed by atoms with E-state index in [9.17, 15) is 9.18 Å². The predicted octanol–water partition coefficient (Wildman–Crippen LogP) is 3.51. The van der Waals surface area contributed by atoms with E-state index in [4.69, 9.17) is 20.2 Å². The molecule has 0 spiro atoms. The Hall–Kier alpha value is -1.80. The number of hydrogen-bond acceptors (Lipinski definition) is 6. The van der Waals surface area contributed by atoms with Gasteiger partial charge in [0.15, 0.2) is 5.17 Å². The molecule has 0 saturated carbocycles. The van der Waals surface area contributed by atoms with E-state index in [2.05, 4.69) is 12.2 Å². The number of nitrogens with zero attached hydrogens (tertiary/aromatic N) is 1. The summed E-state index contributed by atoms with van der Waals surface area (Å²) < 4.78 is 25.8. The number of nitrogens with one attached hydrogen (secondary N) is 1. The molecule has 3 N–H and O–H groups in total. The highest BCUT2D eigenvalue weighted by molar-refractivity contribution is 8.13. The van der Waals surface area contributed by atoms with Gasteiger partial charge >= 0.3 is 6.09 Å². The number of amidine groups is 1. The summed E-state index contributed by atoms with van der Waals surface area (Å²) in [7, 11) is 0. The molecular weight excluding hydrogens is 369 g/mol. The molecule has 2 aliphatic heterocycles. The van der Waals surface area contributed by atoms with E-state index in [1.807, 2.05) is 0 Å². The maximum atomic E-state index is 14.8. The van der Waals surface area contributed by atoms with E-state index in [1.54, 1.807) is 26.8 Å². The van der Waals surface area contributed by atoms with E-state index in [1.165, 1.54) is 23.9 Å². The number of halogens is 1. The lowest BCUT2D eigenvalue weighted by Crippen LogP contribution is -2.52. The number of alkyl carbamates (subject to hydrolysis) is 1. The Morgan fingerprint density at radius 3 is 2.93 bits per heavy atom. The molecule has 1 aromatic carbocycles. The first kappa shape index (κ1) is 19.9. The number of aliphatic imine (C=N–C) groups is 1. The minimum Gasteiger partial charge on any atom is -0.444 e. The Labute approximate surface area is 163 Å². The Balaban J connectivity index is 1.99. The van der Waals surface area contributed by atoms with Crippen molar-refractivity contribution < 1.29 is 18.7 Å². The summed E-state index contributed by atoms with van der Waals surface area (Å²) in [6.45, 7) is 8.28. The van der Waals surface area contributed by atoms with Crippen molar-refractivity contribution in [2.75, 3.05) is 24.7 Å². The number of fused-ring (bicyclic) bond motifs is 1. The third-order valence-electron chi connectivity index (χ3n) is 4.77. The third-order valence-corrected chi connectivity index (χ3v) is 5.76. The van der Waals surface area contributed by atoms with Gasteiger partial charge in [-0.05, 0) is 44.9 Å². The van der Waals surface area contributed by atoms with Gasteiger partial charge in [0, 0.05) is 29.5 Å². The van der Waals surface area contributed by atoms with Crippen LogP contribution in [0, 0.1) is 17.7 Å². The number of benzene rings is 1. The van der Waals surface area contributed by atoms with Crippen LogP contribution in [0.4, 0.5) is 14.9 Å². The Kier molecular flexibility index (Phi) is 5.40. The fourth-order valence-electron chi connectivity index (χ4n) is 3.56. The van der Waals surface area contributed by atoms with Crippen LogP contribution in [0.5, 0.6) is 0 Å². The van der Waals surface area contributed by atoms with Crippen molar-refractivity contribution in [2.24, 2.45) is 16.8 Å². The minimum absolute atomic E-state index is 0.0664. The van der Waals surface area contributed by atoms with Crippen molar-refractivity contribution in [1.29, 1.82) is 0 Å². The van der Waals surface area contributed by atoms with Gasteiger partial charge in [0.2, 0.25) is 0 Å². The van der Waals surface area contributed by atoms with Gasteiger partial charge in [0.25, 0.3) is 0 Å². The number of thioether (sulfide) groups is 1. The summed E-state index contributed by atoms with van der Waals surface area (Å²) in [5.41, 5.74) is 5.25. The highest BCUT2D eigenvalue weighted by atomic mass is 32.2. The standard InChI is InChI=1S/C19H26FN3O3S/c1-11-8-25-10-19(13-7-12(21)5-6-15(13)20)14(11)9-27-16(23-19)22-17(24)26-18(2,3)4/h5-7,11,14H,8-10,21H2,1-4H3,(H,22,23,24)/t11-,14-,19-/m1/s1. The van der Waals surface area contributed by atoms with Crippen molar-refractivity contribution >= 4 is 28.7 Å². The second-order valence-electron chi connectivity index (χ2n) is 8.12. The monoisotopic (exact) mass is 395 g/mol. The quantitative estimate of drug-likeness (QED) is 0.711. The summed E-state index contributed by atoms with van der Waals surface area (Å²) >= 11 is 1.44. The number of nitrogen functional groups attached to an aromatic ring is 1. The van der Waals surface area contributed by atoms with Gasteiger partial charge in [0.05, 0.1) is 6.61 Å². The van der Waals surface area contributed by atoms with Crippen LogP contribution in [0.25, 0.3) is 0 Å². The number of anilines is 1. The average molecular weight is 396 g/mol. The summed E-state index contributed by atoms with van der Waals surface area (Å²) in [4.78, 5) is 16.9. The maximum Gasteiger partial charge on any atom is 0.413 e. The topological polar surface area (TPSA) is 85.9 Å². The molecule has 6 nitrogen and oxygen atoms in total. The molecule has 3 atom stereocenters. The molecule has 2 heterocycles. The normalized spacial score (nSPS) is 28.1. The van der Waals surface area contributed by atoms with E-state index >= 15 is 0 Å². The van der Waals surface area contributed by atoms with Crippen LogP contribution in [-0.4, -0.2) is 35.8 Å². The zero-order chi connectivity index (χ0) is 19.8. The van der Waals surface area contributed by atoms with Gasteiger partial charge in [-0.1, -0.05) is 18.7 Å². The number of carbonyl (C=O) groups excluding carboxylic acids is 1. The Bertz CT molecular complexity index is 765. The van der Waals surface area contributed by atoms with Crippen molar-refractivity contribution in [1.82, 2.24) is 5.32 Å². The van der Waals surface area contributed by atoms with Crippen LogP contribution in [0.15, 0.2) is 23.2 Å². The molecule has 27 heavy (non-hydrogen) atoms. The Morgan fingerprint density at radius 2 is 2.22 bits per heavy atom. The zero-order valence-electron chi connectivity index (χ0n) is 16.0. The summed E-state index contributed by atoms with van der Waals surface area (Å²) in [5.74, 6) is 0.572. The number of rotatable bonds is 1. The average Bonchev–Trinajstić information content (AvgIpc) is 2.55. The maximum absolute atomic E-state index is 14.8. The second-order valence-corrected chi connectivity index (χ2v) is 9.13. The van der Waals surface area contributed by atoms with E-state index in [0.29, 0.717) is 28.8 Å². The van der Waals surface area contributed by atoms with Gasteiger partial charge in [-0.25, -0.2) is 14.2 Å². The predicted molar refractivity (Wildman–Crippen MR) is 105 cm³/mol. The molecule has 1 aromatic rings. The molecule has 2 aliphatic rings. The first-order valence-electron chi connectivity index (χ1n) is 8.96. The van der Waals surface area contributed by atoms with Gasteiger partial charge in [-0.15, -0.1) is 0 Å². The molecule has 8 heteroatoms. The van der Waals surface area contributed by atoms with Crippen molar-refractivity contribution in [3.63, 3.8) is 0 Å².